The maximum atomic E-state index is 11.1. The molecule has 302 valence electrons. The van der Waals surface area contributed by atoms with Gasteiger partial charge >= 0.3 is 0 Å². The first-order chi connectivity index (χ1) is 32.2. The van der Waals surface area contributed by atoms with Crippen LogP contribution in [0.4, 0.5) is 0 Å². The largest absolute Gasteiger partial charge is 0.309 e. The lowest BCUT2D eigenvalue weighted by Gasteiger charge is -2.13. The highest BCUT2D eigenvalue weighted by Gasteiger charge is 2.23. The first-order valence-electron chi connectivity index (χ1n) is 21.6. The molecule has 0 N–H and O–H groups in total. The average Bonchev–Trinajstić information content (AvgIpc) is 4.04. The zero-order valence-corrected chi connectivity index (χ0v) is 35.5. The highest BCUT2D eigenvalue weighted by molar-refractivity contribution is 7.25. The Labute approximate surface area is 377 Å². The van der Waals surface area contributed by atoms with E-state index in [4.69, 9.17) is 15.0 Å². The Bertz CT molecular complexity index is 4060. The number of hydrogen-bond acceptors (Lipinski definition) is 5. The molecule has 0 fully saturated rings. The minimum Gasteiger partial charge on any atom is -0.309 e. The van der Waals surface area contributed by atoms with Crippen LogP contribution in [0.5, 0.6) is 0 Å². The fourth-order valence-corrected chi connectivity index (χ4v) is 10.7. The highest BCUT2D eigenvalue weighted by atomic mass is 32.1. The quantitative estimate of drug-likeness (QED) is 0.167. The molecule has 65 heavy (non-hydrogen) atoms. The first-order valence-corrected chi connectivity index (χ1v) is 22.4. The Hall–Kier alpha value is -8.70. The molecule has 4 heterocycles. The van der Waals surface area contributed by atoms with Gasteiger partial charge in [0.1, 0.15) is 6.07 Å². The van der Waals surface area contributed by atoms with Gasteiger partial charge in [-0.2, -0.15) is 5.26 Å². The van der Waals surface area contributed by atoms with Crippen LogP contribution in [0, 0.1) is 11.3 Å². The number of para-hydroxylation sites is 2. The summed E-state index contributed by atoms with van der Waals surface area (Å²) in [7, 11) is 0. The van der Waals surface area contributed by atoms with Crippen LogP contribution in [0.1, 0.15) is 5.56 Å². The van der Waals surface area contributed by atoms with Gasteiger partial charge in [-0.1, -0.05) is 146 Å². The van der Waals surface area contributed by atoms with E-state index >= 15 is 0 Å². The van der Waals surface area contributed by atoms with Crippen LogP contribution in [0.3, 0.4) is 0 Å². The second-order valence-electron chi connectivity index (χ2n) is 16.3. The van der Waals surface area contributed by atoms with E-state index in [-0.39, 0.29) is 0 Å². The zero-order chi connectivity index (χ0) is 43.0. The molecule has 0 amide bonds. The molecule has 0 radical (unpaired) electrons. The molecule has 0 saturated carbocycles. The number of rotatable bonds is 6. The summed E-state index contributed by atoms with van der Waals surface area (Å²) >= 11 is 1.83. The van der Waals surface area contributed by atoms with Gasteiger partial charge in [-0.15, -0.1) is 11.3 Å². The minimum absolute atomic E-state index is 0.493. The molecule has 0 unspecified atom stereocenters. The van der Waals surface area contributed by atoms with Crippen LogP contribution in [-0.2, 0) is 0 Å². The van der Waals surface area contributed by atoms with Crippen LogP contribution in [0.2, 0.25) is 0 Å². The van der Waals surface area contributed by atoms with E-state index in [0.717, 1.165) is 82.8 Å². The van der Waals surface area contributed by atoms with Crippen molar-refractivity contribution in [2.24, 2.45) is 0 Å². The lowest BCUT2D eigenvalue weighted by atomic mass is 10.0. The van der Waals surface area contributed by atoms with Gasteiger partial charge in [0.2, 0.25) is 0 Å². The van der Waals surface area contributed by atoms with Crippen LogP contribution >= 0.6 is 11.3 Å². The molecule has 9 aromatic carbocycles. The van der Waals surface area contributed by atoms with E-state index in [1.807, 2.05) is 78.1 Å². The predicted octanol–water partition coefficient (Wildman–Crippen LogP) is 15.0. The van der Waals surface area contributed by atoms with Crippen molar-refractivity contribution < 1.29 is 0 Å². The summed E-state index contributed by atoms with van der Waals surface area (Å²) in [6, 6.07) is 74.4. The number of nitrogens with zero attached hydrogens (tertiary/aromatic N) is 6. The zero-order valence-electron chi connectivity index (χ0n) is 34.7. The van der Waals surface area contributed by atoms with Crippen LogP contribution in [0.25, 0.3) is 120 Å². The number of thiophene rings is 1. The normalized spacial score (nSPS) is 11.7. The van der Waals surface area contributed by atoms with Gasteiger partial charge in [0, 0.05) is 64.1 Å². The van der Waals surface area contributed by atoms with Gasteiger partial charge in [-0.3, -0.25) is 0 Å². The fraction of sp³-hybridized carbons (Fsp3) is 0. The van der Waals surface area contributed by atoms with Gasteiger partial charge in [0.15, 0.2) is 17.5 Å². The van der Waals surface area contributed by atoms with Gasteiger partial charge in [-0.05, 0) is 71.8 Å². The maximum Gasteiger partial charge on any atom is 0.164 e. The molecular formula is C58H34N6S. The van der Waals surface area contributed by atoms with E-state index in [0.29, 0.717) is 23.0 Å². The minimum atomic E-state index is 0.493. The summed E-state index contributed by atoms with van der Waals surface area (Å²) in [4.78, 5) is 15.1. The third-order valence-electron chi connectivity index (χ3n) is 12.6. The van der Waals surface area contributed by atoms with Crippen molar-refractivity contribution in [3.63, 3.8) is 0 Å². The molecule has 7 heteroatoms. The molecule has 4 aromatic heterocycles. The van der Waals surface area contributed by atoms with E-state index in [9.17, 15) is 5.26 Å². The van der Waals surface area contributed by atoms with Gasteiger partial charge in [0.05, 0.1) is 33.3 Å². The Balaban J connectivity index is 1.01. The molecule has 0 aliphatic carbocycles. The number of aromatic nitrogens is 5. The molecular weight excluding hydrogens is 813 g/mol. The Morgan fingerprint density at radius 1 is 0.385 bits per heavy atom. The summed E-state index contributed by atoms with van der Waals surface area (Å²) in [5.74, 6) is 1.61. The van der Waals surface area contributed by atoms with E-state index < -0.39 is 0 Å². The van der Waals surface area contributed by atoms with Crippen LogP contribution < -0.4 is 0 Å². The first kappa shape index (κ1) is 36.9. The molecule has 0 bridgehead atoms. The SMILES string of the molecule is N#Cc1cc(-c2nc(-c3ccccc3)nc(-c3ccc(-c4ccccc4)cc3)n2)ccc1-n1c2ccccc2c2ccc3c(c4ccccc4n3-c3ccc4sc5ccccc5c4c3)c21. The van der Waals surface area contributed by atoms with Crippen molar-refractivity contribution in [3.8, 4) is 62.7 Å². The standard InChI is InChI=1S/C58H34N6S/c59-35-41-33-40(58-61-56(38-15-5-2-6-16-38)60-57(62-58)39-25-23-37(24-26-39)36-13-3-1-4-14-36)27-30-48(41)64-49-20-10-7-17-43(49)45-29-31-51-54(55(45)64)46-19-8-11-21-50(46)63(51)42-28-32-53-47(34-42)44-18-9-12-22-52(44)65-53/h1-34H. The lowest BCUT2D eigenvalue weighted by molar-refractivity contribution is 1.07. The number of nitriles is 1. The van der Waals surface area contributed by atoms with Crippen LogP contribution in [-0.4, -0.2) is 24.1 Å². The number of hydrogen-bond donors (Lipinski definition) is 0. The molecule has 0 spiro atoms. The molecule has 0 saturated heterocycles. The Morgan fingerprint density at radius 3 is 1.68 bits per heavy atom. The van der Waals surface area contributed by atoms with Crippen molar-refractivity contribution >= 4 is 75.1 Å². The van der Waals surface area contributed by atoms with Gasteiger partial charge in [-0.25, -0.2) is 15.0 Å². The lowest BCUT2D eigenvalue weighted by Crippen LogP contribution is -2.02. The fourth-order valence-electron chi connectivity index (χ4n) is 9.64. The molecule has 0 aliphatic rings. The van der Waals surface area contributed by atoms with Crippen LogP contribution in [0.15, 0.2) is 206 Å². The average molecular weight is 847 g/mol. The summed E-state index contributed by atoms with van der Waals surface area (Å²) in [6.45, 7) is 0. The second kappa shape index (κ2) is 14.7. The molecule has 13 rings (SSSR count). The monoisotopic (exact) mass is 846 g/mol. The summed E-state index contributed by atoms with van der Waals surface area (Å²) in [6.07, 6.45) is 0. The summed E-state index contributed by atoms with van der Waals surface area (Å²) < 4.78 is 7.23. The number of fused-ring (bicyclic) bond motifs is 10. The summed E-state index contributed by atoms with van der Waals surface area (Å²) in [5.41, 5.74) is 11.4. The van der Waals surface area contributed by atoms with Crippen molar-refractivity contribution in [2.45, 2.75) is 0 Å². The van der Waals surface area contributed by atoms with E-state index in [2.05, 4.69) is 155 Å². The topological polar surface area (TPSA) is 72.3 Å². The molecule has 0 atom stereocenters. The van der Waals surface area contributed by atoms with Crippen molar-refractivity contribution in [3.05, 3.63) is 212 Å². The smallest absolute Gasteiger partial charge is 0.164 e. The summed E-state index contributed by atoms with van der Waals surface area (Å²) in [5, 5.41) is 18.1. The third kappa shape index (κ3) is 5.89. The van der Waals surface area contributed by atoms with Gasteiger partial charge in [0.25, 0.3) is 0 Å². The van der Waals surface area contributed by atoms with Gasteiger partial charge < -0.3 is 9.13 Å². The Morgan fingerprint density at radius 2 is 0.938 bits per heavy atom. The Kier molecular flexibility index (Phi) is 8.35. The third-order valence-corrected chi connectivity index (χ3v) is 13.8. The highest BCUT2D eigenvalue weighted by Crippen LogP contribution is 2.44. The van der Waals surface area contributed by atoms with Crippen molar-refractivity contribution in [1.82, 2.24) is 24.1 Å². The second-order valence-corrected chi connectivity index (χ2v) is 17.4. The molecule has 6 nitrogen and oxygen atoms in total. The van der Waals surface area contributed by atoms with Crippen molar-refractivity contribution in [2.75, 3.05) is 0 Å². The number of benzene rings is 9. The molecule has 13 aromatic rings. The predicted molar refractivity (Wildman–Crippen MR) is 268 cm³/mol. The molecule has 0 aliphatic heterocycles. The van der Waals surface area contributed by atoms with E-state index in [1.54, 1.807) is 0 Å². The van der Waals surface area contributed by atoms with Crippen molar-refractivity contribution in [1.29, 1.82) is 5.26 Å². The maximum absolute atomic E-state index is 11.1. The van der Waals surface area contributed by atoms with E-state index in [1.165, 1.54) is 20.2 Å².